The monoisotopic (exact) mass is 249 g/mol. The van der Waals surface area contributed by atoms with E-state index in [0.29, 0.717) is 5.92 Å². The van der Waals surface area contributed by atoms with Gasteiger partial charge in [-0.3, -0.25) is 4.98 Å². The highest BCUT2D eigenvalue weighted by molar-refractivity contribution is 5.09. The second-order valence-electron chi connectivity index (χ2n) is 5.05. The quantitative estimate of drug-likeness (QED) is 0.769. The molecule has 2 N–H and O–H groups in total. The Bertz CT molecular complexity index is 313. The molecule has 0 saturated heterocycles. The summed E-state index contributed by atoms with van der Waals surface area (Å²) in [7, 11) is 0. The molecule has 1 aromatic heterocycles. The van der Waals surface area contributed by atoms with Crippen LogP contribution in [0.25, 0.3) is 0 Å². The highest BCUT2D eigenvalue weighted by Gasteiger charge is 2.14. The summed E-state index contributed by atoms with van der Waals surface area (Å²) in [5.74, 6) is 0.597. The van der Waals surface area contributed by atoms with Crippen LogP contribution in [0.5, 0.6) is 0 Å². The van der Waals surface area contributed by atoms with E-state index in [1.807, 2.05) is 12.4 Å². The van der Waals surface area contributed by atoms with E-state index in [-0.39, 0.29) is 6.04 Å². The minimum absolute atomic E-state index is 0.285. The molecular formula is C15H27N3. The number of likely N-dealkylation sites (N-methyl/N-ethyl adjacent to an activating group) is 1. The molecular weight excluding hydrogens is 222 g/mol. The number of aromatic nitrogens is 1. The van der Waals surface area contributed by atoms with Gasteiger partial charge in [-0.15, -0.1) is 0 Å². The lowest BCUT2D eigenvalue weighted by molar-refractivity contribution is 0.244. The molecule has 0 amide bonds. The zero-order valence-corrected chi connectivity index (χ0v) is 12.0. The number of nitrogens with zero attached hydrogens (tertiary/aromatic N) is 2. The number of nitrogens with two attached hydrogens (primary N) is 1. The molecule has 0 fully saturated rings. The fraction of sp³-hybridized carbons (Fsp3) is 0.667. The van der Waals surface area contributed by atoms with Crippen molar-refractivity contribution in [3.05, 3.63) is 30.1 Å². The molecule has 0 radical (unpaired) electrons. The van der Waals surface area contributed by atoms with Crippen molar-refractivity contribution in [3.8, 4) is 0 Å². The second-order valence-corrected chi connectivity index (χ2v) is 5.05. The van der Waals surface area contributed by atoms with Gasteiger partial charge in [-0.05, 0) is 36.6 Å². The Hall–Kier alpha value is -0.930. The second kappa shape index (κ2) is 8.22. The molecule has 1 unspecified atom stereocenters. The molecule has 18 heavy (non-hydrogen) atoms. The predicted molar refractivity (Wildman–Crippen MR) is 77.5 cm³/mol. The molecule has 3 nitrogen and oxygen atoms in total. The first kappa shape index (κ1) is 15.1. The molecule has 0 aliphatic heterocycles. The van der Waals surface area contributed by atoms with Gasteiger partial charge in [0.05, 0.1) is 0 Å². The van der Waals surface area contributed by atoms with Gasteiger partial charge in [0.25, 0.3) is 0 Å². The number of rotatable bonds is 8. The van der Waals surface area contributed by atoms with Crippen molar-refractivity contribution in [1.82, 2.24) is 9.88 Å². The van der Waals surface area contributed by atoms with Gasteiger partial charge in [0, 0.05) is 31.5 Å². The van der Waals surface area contributed by atoms with Crippen molar-refractivity contribution >= 4 is 0 Å². The van der Waals surface area contributed by atoms with Crippen molar-refractivity contribution < 1.29 is 0 Å². The molecule has 102 valence electrons. The standard InChI is InChI=1S/C15H27N3/c1-4-13(3)15(16)12-18(5-2)11-8-14-6-9-17-10-7-14/h6-7,9-10,13,15H,4-5,8,11-12,16H2,1-3H3/t13?,15-/m1/s1. The summed E-state index contributed by atoms with van der Waals surface area (Å²) < 4.78 is 0. The van der Waals surface area contributed by atoms with Crippen LogP contribution in [0.2, 0.25) is 0 Å². The van der Waals surface area contributed by atoms with Crippen LogP contribution < -0.4 is 5.73 Å². The molecule has 0 bridgehead atoms. The molecule has 1 aromatic rings. The van der Waals surface area contributed by atoms with E-state index in [9.17, 15) is 0 Å². The Labute approximate surface area is 111 Å². The summed E-state index contributed by atoms with van der Waals surface area (Å²) in [4.78, 5) is 6.48. The largest absolute Gasteiger partial charge is 0.326 e. The maximum absolute atomic E-state index is 6.22. The topological polar surface area (TPSA) is 42.1 Å². The van der Waals surface area contributed by atoms with Gasteiger partial charge in [0.1, 0.15) is 0 Å². The molecule has 2 atom stereocenters. The first-order valence-electron chi connectivity index (χ1n) is 7.04. The van der Waals surface area contributed by atoms with Crippen LogP contribution >= 0.6 is 0 Å². The Balaban J connectivity index is 2.38. The SMILES string of the molecule is CCC(C)[C@H](N)CN(CC)CCc1ccncc1. The third-order valence-electron chi connectivity index (χ3n) is 3.76. The average Bonchev–Trinajstić information content (AvgIpc) is 2.43. The molecule has 1 rings (SSSR count). The van der Waals surface area contributed by atoms with E-state index in [0.717, 1.165) is 32.5 Å². The molecule has 0 aromatic carbocycles. The Morgan fingerprint density at radius 1 is 1.28 bits per heavy atom. The fourth-order valence-corrected chi connectivity index (χ4v) is 2.00. The lowest BCUT2D eigenvalue weighted by Crippen LogP contribution is -2.42. The van der Waals surface area contributed by atoms with Gasteiger partial charge in [-0.25, -0.2) is 0 Å². The van der Waals surface area contributed by atoms with Crippen LogP contribution in [0.15, 0.2) is 24.5 Å². The summed E-state index contributed by atoms with van der Waals surface area (Å²) in [5.41, 5.74) is 7.57. The van der Waals surface area contributed by atoms with E-state index < -0.39 is 0 Å². The minimum atomic E-state index is 0.285. The van der Waals surface area contributed by atoms with E-state index in [2.05, 4.69) is 42.8 Å². The van der Waals surface area contributed by atoms with E-state index in [1.54, 1.807) is 0 Å². The molecule has 0 spiro atoms. The number of pyridine rings is 1. The predicted octanol–water partition coefficient (Wildman–Crippen LogP) is 2.32. The summed E-state index contributed by atoms with van der Waals surface area (Å²) in [6.07, 6.45) is 5.94. The first-order valence-corrected chi connectivity index (χ1v) is 7.04. The number of hydrogen-bond acceptors (Lipinski definition) is 3. The van der Waals surface area contributed by atoms with Gasteiger partial charge < -0.3 is 10.6 Å². The molecule has 0 aliphatic rings. The fourth-order valence-electron chi connectivity index (χ4n) is 2.00. The summed E-state index contributed by atoms with van der Waals surface area (Å²) in [6.45, 7) is 9.78. The van der Waals surface area contributed by atoms with Crippen LogP contribution in [0.3, 0.4) is 0 Å². The van der Waals surface area contributed by atoms with E-state index >= 15 is 0 Å². The van der Waals surface area contributed by atoms with Crippen molar-refractivity contribution in [1.29, 1.82) is 0 Å². The number of hydrogen-bond donors (Lipinski definition) is 1. The van der Waals surface area contributed by atoms with Gasteiger partial charge in [-0.1, -0.05) is 27.2 Å². The zero-order chi connectivity index (χ0) is 13.4. The van der Waals surface area contributed by atoms with Gasteiger partial charge in [0.15, 0.2) is 0 Å². The third kappa shape index (κ3) is 5.15. The van der Waals surface area contributed by atoms with Gasteiger partial charge in [-0.2, -0.15) is 0 Å². The highest BCUT2D eigenvalue weighted by Crippen LogP contribution is 2.08. The molecule has 3 heteroatoms. The summed E-state index contributed by atoms with van der Waals surface area (Å²) in [5, 5.41) is 0. The van der Waals surface area contributed by atoms with Gasteiger partial charge >= 0.3 is 0 Å². The Kier molecular flexibility index (Phi) is 6.91. The maximum atomic E-state index is 6.22. The summed E-state index contributed by atoms with van der Waals surface area (Å²) >= 11 is 0. The van der Waals surface area contributed by atoms with Gasteiger partial charge in [0.2, 0.25) is 0 Å². The Morgan fingerprint density at radius 2 is 1.94 bits per heavy atom. The van der Waals surface area contributed by atoms with Crippen LogP contribution in [0.4, 0.5) is 0 Å². The maximum Gasteiger partial charge on any atom is 0.0270 e. The van der Waals surface area contributed by atoms with Crippen LogP contribution in [-0.2, 0) is 6.42 Å². The summed E-state index contributed by atoms with van der Waals surface area (Å²) in [6, 6.07) is 4.46. The first-order chi connectivity index (χ1) is 8.67. The molecule has 1 heterocycles. The lowest BCUT2D eigenvalue weighted by atomic mass is 9.99. The van der Waals surface area contributed by atoms with Crippen LogP contribution in [0.1, 0.15) is 32.8 Å². The normalized spacial score (nSPS) is 14.7. The van der Waals surface area contributed by atoms with E-state index in [1.165, 1.54) is 5.56 Å². The van der Waals surface area contributed by atoms with Crippen LogP contribution in [-0.4, -0.2) is 35.6 Å². The lowest BCUT2D eigenvalue weighted by Gasteiger charge is -2.27. The van der Waals surface area contributed by atoms with Crippen molar-refractivity contribution in [2.24, 2.45) is 11.7 Å². The van der Waals surface area contributed by atoms with Crippen LogP contribution in [0, 0.1) is 5.92 Å². The smallest absolute Gasteiger partial charge is 0.0270 e. The average molecular weight is 249 g/mol. The zero-order valence-electron chi connectivity index (χ0n) is 12.0. The van der Waals surface area contributed by atoms with Crippen molar-refractivity contribution in [3.63, 3.8) is 0 Å². The highest BCUT2D eigenvalue weighted by atomic mass is 15.1. The molecule has 0 saturated carbocycles. The van der Waals surface area contributed by atoms with Crippen molar-refractivity contribution in [2.75, 3.05) is 19.6 Å². The Morgan fingerprint density at radius 3 is 2.50 bits per heavy atom. The molecule has 0 aliphatic carbocycles. The van der Waals surface area contributed by atoms with Crippen molar-refractivity contribution in [2.45, 2.75) is 39.7 Å². The van der Waals surface area contributed by atoms with E-state index in [4.69, 9.17) is 5.73 Å². The third-order valence-corrected chi connectivity index (χ3v) is 3.76. The minimum Gasteiger partial charge on any atom is -0.326 e.